The number of rotatable bonds is 5. The summed E-state index contributed by atoms with van der Waals surface area (Å²) in [5, 5.41) is 0.850. The molecule has 0 aliphatic carbocycles. The third-order valence-electron chi connectivity index (χ3n) is 5.28. The number of hydrogen-bond donors (Lipinski definition) is 0. The number of anilines is 1. The van der Waals surface area contributed by atoms with Crippen molar-refractivity contribution in [1.82, 2.24) is 4.98 Å². The quantitative estimate of drug-likeness (QED) is 0.398. The molecule has 2 aromatic carbocycles. The average Bonchev–Trinajstić information content (AvgIpc) is 3.11. The lowest BCUT2D eigenvalue weighted by atomic mass is 9.98. The standard InChI is InChI=1S/C25H17ClN2O4/c1-2-12-31-17-7-5-6-15(13-17)22-21-23(29)18-8-3-4-9-19(18)32-24(21)25(30)28(22)20-11-10-16(26)14-27-20/h2-11,13-14,22H,1,12H2. The Morgan fingerprint density at radius 1 is 1.12 bits per heavy atom. The highest BCUT2D eigenvalue weighted by atomic mass is 35.5. The molecule has 32 heavy (non-hydrogen) atoms. The highest BCUT2D eigenvalue weighted by Gasteiger charge is 2.44. The van der Waals surface area contributed by atoms with Gasteiger partial charge >= 0.3 is 0 Å². The summed E-state index contributed by atoms with van der Waals surface area (Å²) in [7, 11) is 0. The first kappa shape index (κ1) is 20.0. The Hall–Kier alpha value is -3.90. The Kier molecular flexibility index (Phi) is 4.99. The average molecular weight is 445 g/mol. The van der Waals surface area contributed by atoms with E-state index in [-0.39, 0.29) is 16.8 Å². The molecule has 0 radical (unpaired) electrons. The van der Waals surface area contributed by atoms with Crippen molar-refractivity contribution >= 4 is 34.3 Å². The van der Waals surface area contributed by atoms with Crippen LogP contribution in [0.3, 0.4) is 0 Å². The first-order valence-corrected chi connectivity index (χ1v) is 10.3. The van der Waals surface area contributed by atoms with Crippen LogP contribution in [0.4, 0.5) is 5.82 Å². The van der Waals surface area contributed by atoms with Gasteiger partial charge in [0, 0.05) is 6.20 Å². The number of carbonyl (C=O) groups excluding carboxylic acids is 1. The zero-order chi connectivity index (χ0) is 22.2. The van der Waals surface area contributed by atoms with Gasteiger partial charge in [0.2, 0.25) is 5.76 Å². The molecule has 0 spiro atoms. The molecule has 3 heterocycles. The highest BCUT2D eigenvalue weighted by molar-refractivity contribution is 6.30. The topological polar surface area (TPSA) is 72.6 Å². The fourth-order valence-electron chi connectivity index (χ4n) is 3.91. The van der Waals surface area contributed by atoms with Gasteiger partial charge in [0.05, 0.1) is 22.0 Å². The van der Waals surface area contributed by atoms with Gasteiger partial charge in [-0.25, -0.2) is 4.98 Å². The van der Waals surface area contributed by atoms with E-state index in [2.05, 4.69) is 11.6 Å². The van der Waals surface area contributed by atoms with Crippen LogP contribution in [0.15, 0.2) is 88.7 Å². The van der Waals surface area contributed by atoms with Crippen molar-refractivity contribution in [3.63, 3.8) is 0 Å². The van der Waals surface area contributed by atoms with Crippen molar-refractivity contribution in [3.05, 3.63) is 112 Å². The molecule has 6 nitrogen and oxygen atoms in total. The van der Waals surface area contributed by atoms with E-state index in [9.17, 15) is 9.59 Å². The smallest absolute Gasteiger partial charge is 0.296 e. The molecule has 0 saturated heterocycles. The van der Waals surface area contributed by atoms with Gasteiger partial charge in [-0.3, -0.25) is 14.5 Å². The van der Waals surface area contributed by atoms with Crippen molar-refractivity contribution in [3.8, 4) is 5.75 Å². The van der Waals surface area contributed by atoms with Crippen LogP contribution in [0.1, 0.15) is 27.7 Å². The van der Waals surface area contributed by atoms with Crippen LogP contribution in [0.2, 0.25) is 5.02 Å². The van der Waals surface area contributed by atoms with E-state index in [1.807, 2.05) is 12.1 Å². The fraction of sp³-hybridized carbons (Fsp3) is 0.0800. The molecule has 7 heteroatoms. The maximum Gasteiger partial charge on any atom is 0.296 e. The number of carbonyl (C=O) groups is 1. The zero-order valence-electron chi connectivity index (χ0n) is 16.8. The van der Waals surface area contributed by atoms with Crippen molar-refractivity contribution in [2.75, 3.05) is 11.5 Å². The molecule has 158 valence electrons. The number of ether oxygens (including phenoxy) is 1. The van der Waals surface area contributed by atoms with Crippen LogP contribution in [0.25, 0.3) is 11.0 Å². The number of nitrogens with zero attached hydrogens (tertiary/aromatic N) is 2. The van der Waals surface area contributed by atoms with Gasteiger partial charge < -0.3 is 9.15 Å². The predicted molar refractivity (Wildman–Crippen MR) is 123 cm³/mol. The number of aromatic nitrogens is 1. The lowest BCUT2D eigenvalue weighted by molar-refractivity contribution is 0.0970. The molecule has 4 aromatic rings. The van der Waals surface area contributed by atoms with Gasteiger partial charge in [-0.1, -0.05) is 48.5 Å². The van der Waals surface area contributed by atoms with Crippen LogP contribution >= 0.6 is 11.6 Å². The van der Waals surface area contributed by atoms with Crippen LogP contribution in [0.5, 0.6) is 5.75 Å². The van der Waals surface area contributed by atoms with Crippen molar-refractivity contribution in [2.24, 2.45) is 0 Å². The molecular formula is C25H17ClN2O4. The van der Waals surface area contributed by atoms with Gasteiger partial charge in [0.15, 0.2) is 5.43 Å². The molecule has 5 rings (SSSR count). The Morgan fingerprint density at radius 3 is 2.75 bits per heavy atom. The van der Waals surface area contributed by atoms with Crippen molar-refractivity contribution < 1.29 is 13.9 Å². The van der Waals surface area contributed by atoms with Crippen LogP contribution < -0.4 is 15.1 Å². The summed E-state index contributed by atoms with van der Waals surface area (Å²) in [5.74, 6) is 0.516. The second-order valence-electron chi connectivity index (χ2n) is 7.25. The second-order valence-corrected chi connectivity index (χ2v) is 7.69. The number of fused-ring (bicyclic) bond motifs is 2. The monoisotopic (exact) mass is 444 g/mol. The highest BCUT2D eigenvalue weighted by Crippen LogP contribution is 2.41. The number of para-hydroxylation sites is 1. The summed E-state index contributed by atoms with van der Waals surface area (Å²) in [6.45, 7) is 4.00. The number of halogens is 1. The van der Waals surface area contributed by atoms with E-state index < -0.39 is 11.9 Å². The normalized spacial score (nSPS) is 15.1. The van der Waals surface area contributed by atoms with E-state index in [1.165, 1.54) is 11.1 Å². The minimum absolute atomic E-state index is 0.00728. The molecule has 0 N–H and O–H groups in total. The zero-order valence-corrected chi connectivity index (χ0v) is 17.6. The van der Waals surface area contributed by atoms with Gasteiger partial charge in [-0.2, -0.15) is 0 Å². The molecule has 1 amide bonds. The molecule has 0 saturated carbocycles. The minimum atomic E-state index is -0.737. The fourth-order valence-corrected chi connectivity index (χ4v) is 4.02. The summed E-state index contributed by atoms with van der Waals surface area (Å²) in [6, 6.07) is 16.7. The lowest BCUT2D eigenvalue weighted by Crippen LogP contribution is -2.30. The van der Waals surface area contributed by atoms with E-state index in [4.69, 9.17) is 20.8 Å². The predicted octanol–water partition coefficient (Wildman–Crippen LogP) is 5.16. The number of amides is 1. The summed E-state index contributed by atoms with van der Waals surface area (Å²) < 4.78 is 11.6. The Bertz CT molecular complexity index is 1410. The maximum absolute atomic E-state index is 13.5. The van der Waals surface area contributed by atoms with E-state index in [0.29, 0.717) is 39.7 Å². The number of benzene rings is 2. The lowest BCUT2D eigenvalue weighted by Gasteiger charge is -2.24. The van der Waals surface area contributed by atoms with Crippen molar-refractivity contribution in [2.45, 2.75) is 6.04 Å². The molecule has 2 aromatic heterocycles. The molecule has 1 aliphatic rings. The Balaban J connectivity index is 1.75. The van der Waals surface area contributed by atoms with Gasteiger partial charge in [-0.05, 0) is 42.0 Å². The van der Waals surface area contributed by atoms with E-state index in [0.717, 1.165) is 0 Å². The molecular weight excluding hydrogens is 428 g/mol. The molecule has 0 fully saturated rings. The van der Waals surface area contributed by atoms with Crippen LogP contribution in [0, 0.1) is 0 Å². The summed E-state index contributed by atoms with van der Waals surface area (Å²) in [6.07, 6.45) is 3.10. The molecule has 1 aliphatic heterocycles. The minimum Gasteiger partial charge on any atom is -0.490 e. The number of hydrogen-bond acceptors (Lipinski definition) is 5. The van der Waals surface area contributed by atoms with Crippen LogP contribution in [-0.4, -0.2) is 17.5 Å². The van der Waals surface area contributed by atoms with Crippen molar-refractivity contribution in [1.29, 1.82) is 0 Å². The third-order valence-corrected chi connectivity index (χ3v) is 5.50. The largest absolute Gasteiger partial charge is 0.490 e. The molecule has 1 atom stereocenters. The molecule has 0 bridgehead atoms. The molecule has 1 unspecified atom stereocenters. The summed E-state index contributed by atoms with van der Waals surface area (Å²) in [5.41, 5.74) is 1.07. The second kappa shape index (κ2) is 7.98. The Morgan fingerprint density at radius 2 is 1.97 bits per heavy atom. The van der Waals surface area contributed by atoms with Crippen LogP contribution in [-0.2, 0) is 0 Å². The third kappa shape index (κ3) is 3.25. The van der Waals surface area contributed by atoms with Gasteiger partial charge in [0.1, 0.15) is 23.8 Å². The first-order chi connectivity index (χ1) is 15.6. The van der Waals surface area contributed by atoms with E-state index in [1.54, 1.807) is 54.6 Å². The first-order valence-electron chi connectivity index (χ1n) is 9.93. The summed E-state index contributed by atoms with van der Waals surface area (Å²) in [4.78, 5) is 32.8. The SMILES string of the molecule is C=CCOc1cccc(C2c3c(oc4ccccc4c3=O)C(=O)N2c2ccc(Cl)cn2)c1. The number of pyridine rings is 1. The van der Waals surface area contributed by atoms with Gasteiger partial charge in [-0.15, -0.1) is 0 Å². The van der Waals surface area contributed by atoms with E-state index >= 15 is 0 Å². The maximum atomic E-state index is 13.5. The Labute approximate surface area is 188 Å². The van der Waals surface area contributed by atoms with Gasteiger partial charge in [0.25, 0.3) is 5.91 Å². The summed E-state index contributed by atoms with van der Waals surface area (Å²) >= 11 is 6.00.